The maximum atomic E-state index is 11.7. The second-order valence-corrected chi connectivity index (χ2v) is 2.79. The van der Waals surface area contributed by atoms with E-state index in [-0.39, 0.29) is 11.3 Å². The highest BCUT2D eigenvalue weighted by molar-refractivity contribution is 5.89. The van der Waals surface area contributed by atoms with E-state index in [0.717, 1.165) is 24.3 Å². The van der Waals surface area contributed by atoms with Crippen LogP contribution in [0.3, 0.4) is 0 Å². The number of non-ortho nitro benzene ring substituents is 1. The van der Waals surface area contributed by atoms with Gasteiger partial charge in [-0.2, -0.15) is 0 Å². The van der Waals surface area contributed by atoms with E-state index in [1.807, 2.05) is 0 Å². The van der Waals surface area contributed by atoms with E-state index < -0.39 is 23.9 Å². The van der Waals surface area contributed by atoms with Crippen molar-refractivity contribution >= 4 is 11.7 Å². The summed E-state index contributed by atoms with van der Waals surface area (Å²) in [5.41, 5.74) is -0.198. The van der Waals surface area contributed by atoms with E-state index in [9.17, 15) is 23.7 Å². The molecule has 0 saturated carbocycles. The molecule has 0 aliphatic rings. The van der Waals surface area contributed by atoms with Gasteiger partial charge in [0, 0.05) is 12.1 Å². The standard InChI is InChI=1S/C9H7F2NO4/c10-8(11)5-16-9(13)6-1-3-7(4-2-6)12(14)15/h1-4,8H,5H2. The van der Waals surface area contributed by atoms with E-state index in [4.69, 9.17) is 0 Å². The van der Waals surface area contributed by atoms with Crippen LogP contribution in [0.25, 0.3) is 0 Å². The van der Waals surface area contributed by atoms with Crippen LogP contribution in [0.1, 0.15) is 10.4 Å². The molecule has 16 heavy (non-hydrogen) atoms. The third-order valence-corrected chi connectivity index (χ3v) is 1.65. The van der Waals surface area contributed by atoms with Gasteiger partial charge in [-0.3, -0.25) is 10.1 Å². The number of hydrogen-bond acceptors (Lipinski definition) is 4. The van der Waals surface area contributed by atoms with Gasteiger partial charge in [0.2, 0.25) is 0 Å². The largest absolute Gasteiger partial charge is 0.456 e. The molecule has 0 aliphatic carbocycles. The summed E-state index contributed by atoms with van der Waals surface area (Å²) in [6.07, 6.45) is -2.73. The molecule has 1 aromatic rings. The van der Waals surface area contributed by atoms with Crippen molar-refractivity contribution in [3.05, 3.63) is 39.9 Å². The Bertz CT molecular complexity index is 391. The van der Waals surface area contributed by atoms with Gasteiger partial charge in [-0.15, -0.1) is 0 Å². The summed E-state index contributed by atoms with van der Waals surface area (Å²) in [5, 5.41) is 10.3. The molecule has 0 aliphatic heterocycles. The highest BCUT2D eigenvalue weighted by Gasteiger charge is 2.12. The first-order valence-corrected chi connectivity index (χ1v) is 4.20. The number of hydrogen-bond donors (Lipinski definition) is 0. The molecule has 1 aromatic carbocycles. The average molecular weight is 231 g/mol. The Balaban J connectivity index is 2.67. The van der Waals surface area contributed by atoms with Crippen LogP contribution in [0.15, 0.2) is 24.3 Å². The fourth-order valence-electron chi connectivity index (χ4n) is 0.941. The minimum atomic E-state index is -2.73. The minimum absolute atomic E-state index is 0.00810. The second kappa shape index (κ2) is 5.15. The monoisotopic (exact) mass is 231 g/mol. The number of nitro groups is 1. The Morgan fingerprint density at radius 3 is 2.38 bits per heavy atom. The molecule has 0 aromatic heterocycles. The van der Waals surface area contributed by atoms with E-state index in [0.29, 0.717) is 0 Å². The van der Waals surface area contributed by atoms with Crippen molar-refractivity contribution in [1.29, 1.82) is 0 Å². The highest BCUT2D eigenvalue weighted by atomic mass is 19.3. The van der Waals surface area contributed by atoms with Crippen molar-refractivity contribution in [3.63, 3.8) is 0 Å². The summed E-state index contributed by atoms with van der Waals surface area (Å²) in [4.78, 5) is 20.8. The van der Waals surface area contributed by atoms with E-state index in [1.165, 1.54) is 0 Å². The zero-order valence-corrected chi connectivity index (χ0v) is 7.93. The third kappa shape index (κ3) is 3.26. The van der Waals surface area contributed by atoms with Crippen molar-refractivity contribution < 1.29 is 23.2 Å². The smallest absolute Gasteiger partial charge is 0.338 e. The highest BCUT2D eigenvalue weighted by Crippen LogP contribution is 2.12. The normalized spacial score (nSPS) is 10.2. The summed E-state index contributed by atoms with van der Waals surface area (Å²) in [7, 11) is 0. The van der Waals surface area contributed by atoms with Gasteiger partial charge in [-0.1, -0.05) is 0 Å². The molecule has 0 amide bonds. The molecule has 0 spiro atoms. The number of nitrogens with zero attached hydrogens (tertiary/aromatic N) is 1. The number of alkyl halides is 2. The van der Waals surface area contributed by atoms with Crippen LogP contribution in [0.4, 0.5) is 14.5 Å². The quantitative estimate of drug-likeness (QED) is 0.451. The number of carbonyl (C=O) groups is 1. The SMILES string of the molecule is O=C(OCC(F)F)c1ccc([N+](=O)[O-])cc1. The predicted molar refractivity (Wildman–Crippen MR) is 49.4 cm³/mol. The molecule has 0 radical (unpaired) electrons. The number of nitro benzene ring substituents is 1. The lowest BCUT2D eigenvalue weighted by Gasteiger charge is -2.03. The lowest BCUT2D eigenvalue weighted by Crippen LogP contribution is -2.11. The summed E-state index contributed by atoms with van der Waals surface area (Å²) in [6.45, 7) is -0.990. The molecule has 86 valence electrons. The zero-order chi connectivity index (χ0) is 12.1. The van der Waals surface area contributed by atoms with Crippen LogP contribution < -0.4 is 0 Å². The number of halogens is 2. The topological polar surface area (TPSA) is 69.4 Å². The fraction of sp³-hybridized carbons (Fsp3) is 0.222. The van der Waals surface area contributed by atoms with Crippen molar-refractivity contribution in [1.82, 2.24) is 0 Å². The van der Waals surface area contributed by atoms with Crippen LogP contribution >= 0.6 is 0 Å². The number of rotatable bonds is 4. The Morgan fingerprint density at radius 2 is 1.94 bits per heavy atom. The first kappa shape index (κ1) is 12.0. The molecule has 7 heteroatoms. The zero-order valence-electron chi connectivity index (χ0n) is 7.93. The van der Waals surface area contributed by atoms with E-state index >= 15 is 0 Å². The van der Waals surface area contributed by atoms with Crippen LogP contribution in [-0.2, 0) is 4.74 Å². The summed E-state index contributed by atoms with van der Waals surface area (Å²) < 4.78 is 27.7. The molecular weight excluding hydrogens is 224 g/mol. The number of ether oxygens (including phenoxy) is 1. The first-order valence-electron chi connectivity index (χ1n) is 4.20. The number of benzene rings is 1. The second-order valence-electron chi connectivity index (χ2n) is 2.79. The van der Waals surface area contributed by atoms with Crippen LogP contribution in [-0.4, -0.2) is 23.9 Å². The Kier molecular flexibility index (Phi) is 3.87. The number of carbonyl (C=O) groups excluding carboxylic acids is 1. The molecule has 0 fully saturated rings. The predicted octanol–water partition coefficient (Wildman–Crippen LogP) is 2.02. The van der Waals surface area contributed by atoms with Crippen molar-refractivity contribution in [2.75, 3.05) is 6.61 Å². The van der Waals surface area contributed by atoms with Crippen molar-refractivity contribution in [3.8, 4) is 0 Å². The third-order valence-electron chi connectivity index (χ3n) is 1.65. The van der Waals surface area contributed by atoms with Crippen molar-refractivity contribution in [2.45, 2.75) is 6.43 Å². The van der Waals surface area contributed by atoms with Gasteiger partial charge in [0.25, 0.3) is 12.1 Å². The molecule has 5 nitrogen and oxygen atoms in total. The van der Waals surface area contributed by atoms with Gasteiger partial charge >= 0.3 is 5.97 Å². The molecular formula is C9H7F2NO4. The molecule has 0 N–H and O–H groups in total. The van der Waals surface area contributed by atoms with Gasteiger partial charge in [-0.05, 0) is 12.1 Å². The molecule has 0 heterocycles. The van der Waals surface area contributed by atoms with Crippen LogP contribution in [0, 0.1) is 10.1 Å². The van der Waals surface area contributed by atoms with Gasteiger partial charge in [-0.25, -0.2) is 13.6 Å². The van der Waals surface area contributed by atoms with E-state index in [2.05, 4.69) is 4.74 Å². The first-order chi connectivity index (χ1) is 7.50. The van der Waals surface area contributed by atoms with Gasteiger partial charge in [0.15, 0.2) is 6.61 Å². The van der Waals surface area contributed by atoms with Crippen molar-refractivity contribution in [2.24, 2.45) is 0 Å². The fourth-order valence-corrected chi connectivity index (χ4v) is 0.941. The molecule has 0 unspecified atom stereocenters. The van der Waals surface area contributed by atoms with Crippen LogP contribution in [0.2, 0.25) is 0 Å². The molecule has 0 atom stereocenters. The maximum absolute atomic E-state index is 11.7. The Hall–Kier alpha value is -2.05. The molecule has 0 saturated heterocycles. The maximum Gasteiger partial charge on any atom is 0.338 e. The van der Waals surface area contributed by atoms with Crippen LogP contribution in [0.5, 0.6) is 0 Å². The molecule has 0 bridgehead atoms. The molecule has 1 rings (SSSR count). The number of esters is 1. The lowest BCUT2D eigenvalue weighted by molar-refractivity contribution is -0.384. The Labute approximate surface area is 88.8 Å². The average Bonchev–Trinajstić information content (AvgIpc) is 2.26. The van der Waals surface area contributed by atoms with Gasteiger partial charge in [0.1, 0.15) is 0 Å². The lowest BCUT2D eigenvalue weighted by atomic mass is 10.2. The van der Waals surface area contributed by atoms with E-state index in [1.54, 1.807) is 0 Å². The summed E-state index contributed by atoms with van der Waals surface area (Å²) >= 11 is 0. The summed E-state index contributed by atoms with van der Waals surface area (Å²) in [6, 6.07) is 4.48. The van der Waals surface area contributed by atoms with Gasteiger partial charge < -0.3 is 4.74 Å². The minimum Gasteiger partial charge on any atom is -0.456 e. The Morgan fingerprint density at radius 1 is 1.38 bits per heavy atom. The van der Waals surface area contributed by atoms with Gasteiger partial charge in [0.05, 0.1) is 10.5 Å². The summed E-state index contributed by atoms with van der Waals surface area (Å²) in [5.74, 6) is -0.935.